The number of hydrogen-bond acceptors (Lipinski definition) is 8. The SMILES string of the molecule is C/C(=N\NC(N)=S)c1cc([N+](=O)[O-])c(-c2ccc([N+](=O)[O-])s2)s1. The van der Waals surface area contributed by atoms with Crippen LogP contribution in [0, 0.1) is 20.2 Å². The van der Waals surface area contributed by atoms with Crippen molar-refractivity contribution < 1.29 is 9.85 Å². The number of thiocarbonyl (C=S) groups is 1. The van der Waals surface area contributed by atoms with Crippen molar-refractivity contribution in [2.24, 2.45) is 10.8 Å². The summed E-state index contributed by atoms with van der Waals surface area (Å²) in [6.07, 6.45) is 0. The molecule has 9 nitrogen and oxygen atoms in total. The molecule has 0 radical (unpaired) electrons. The van der Waals surface area contributed by atoms with E-state index in [-0.39, 0.29) is 15.8 Å². The number of nitrogens with one attached hydrogen (secondary N) is 1. The number of hydrazone groups is 1. The monoisotopic (exact) mass is 371 g/mol. The second-order valence-electron chi connectivity index (χ2n) is 4.15. The molecule has 0 bridgehead atoms. The number of nitro groups is 2. The van der Waals surface area contributed by atoms with Crippen LogP contribution in [-0.4, -0.2) is 20.7 Å². The fraction of sp³-hybridized carbons (Fsp3) is 0.0909. The first-order chi connectivity index (χ1) is 10.8. The van der Waals surface area contributed by atoms with Crippen LogP contribution in [0.3, 0.4) is 0 Å². The summed E-state index contributed by atoms with van der Waals surface area (Å²) in [5, 5.41) is 25.8. The highest BCUT2D eigenvalue weighted by molar-refractivity contribution is 7.80. The normalized spacial score (nSPS) is 11.3. The van der Waals surface area contributed by atoms with E-state index in [0.717, 1.165) is 22.7 Å². The van der Waals surface area contributed by atoms with Crippen LogP contribution in [0.15, 0.2) is 23.3 Å². The lowest BCUT2D eigenvalue weighted by Crippen LogP contribution is -2.25. The van der Waals surface area contributed by atoms with E-state index in [9.17, 15) is 20.2 Å². The van der Waals surface area contributed by atoms with Gasteiger partial charge in [-0.3, -0.25) is 25.7 Å². The average molecular weight is 371 g/mol. The van der Waals surface area contributed by atoms with E-state index in [1.165, 1.54) is 18.2 Å². The average Bonchev–Trinajstić information content (AvgIpc) is 3.10. The van der Waals surface area contributed by atoms with Crippen molar-refractivity contribution in [3.63, 3.8) is 0 Å². The summed E-state index contributed by atoms with van der Waals surface area (Å²) < 4.78 is 0. The summed E-state index contributed by atoms with van der Waals surface area (Å²) >= 11 is 6.63. The molecule has 3 N–H and O–H groups in total. The summed E-state index contributed by atoms with van der Waals surface area (Å²) in [7, 11) is 0. The molecule has 0 aromatic carbocycles. The highest BCUT2D eigenvalue weighted by Crippen LogP contribution is 2.43. The Labute approximate surface area is 142 Å². The van der Waals surface area contributed by atoms with Gasteiger partial charge in [-0.2, -0.15) is 5.10 Å². The predicted octanol–water partition coefficient (Wildman–Crippen LogP) is 2.85. The molecule has 120 valence electrons. The Morgan fingerprint density at radius 1 is 1.30 bits per heavy atom. The predicted molar refractivity (Wildman–Crippen MR) is 93.1 cm³/mol. The molecular weight excluding hydrogens is 362 g/mol. The number of rotatable bonds is 5. The van der Waals surface area contributed by atoms with Gasteiger partial charge in [0.2, 0.25) is 0 Å². The van der Waals surface area contributed by atoms with Crippen LogP contribution in [-0.2, 0) is 0 Å². The number of hydrogen-bond donors (Lipinski definition) is 2. The van der Waals surface area contributed by atoms with Gasteiger partial charge >= 0.3 is 5.00 Å². The Balaban J connectivity index is 2.46. The Kier molecular flexibility index (Phi) is 4.98. The molecule has 0 amide bonds. The van der Waals surface area contributed by atoms with Crippen molar-refractivity contribution >= 4 is 56.4 Å². The van der Waals surface area contributed by atoms with Crippen LogP contribution >= 0.6 is 34.9 Å². The summed E-state index contributed by atoms with van der Waals surface area (Å²) in [6, 6.07) is 4.18. The molecule has 0 aliphatic rings. The Morgan fingerprint density at radius 2 is 2.00 bits per heavy atom. The largest absolute Gasteiger partial charge is 0.375 e. The summed E-state index contributed by atoms with van der Waals surface area (Å²) in [4.78, 5) is 22.2. The Hall–Kier alpha value is -2.44. The zero-order valence-corrected chi connectivity index (χ0v) is 14.0. The van der Waals surface area contributed by atoms with Crippen LogP contribution in [0.4, 0.5) is 10.7 Å². The van der Waals surface area contributed by atoms with Crippen molar-refractivity contribution in [2.75, 3.05) is 0 Å². The molecule has 2 aromatic rings. The molecule has 0 saturated carbocycles. The molecule has 12 heteroatoms. The van der Waals surface area contributed by atoms with Gasteiger partial charge in [0, 0.05) is 12.1 Å². The van der Waals surface area contributed by atoms with E-state index in [4.69, 9.17) is 5.73 Å². The van der Waals surface area contributed by atoms with Gasteiger partial charge in [-0.1, -0.05) is 11.3 Å². The Bertz CT molecular complexity index is 825. The van der Waals surface area contributed by atoms with Crippen LogP contribution in [0.1, 0.15) is 11.8 Å². The minimum atomic E-state index is -0.534. The molecule has 2 rings (SSSR count). The van der Waals surface area contributed by atoms with E-state index in [2.05, 4.69) is 22.7 Å². The van der Waals surface area contributed by atoms with Crippen LogP contribution in [0.2, 0.25) is 0 Å². The summed E-state index contributed by atoms with van der Waals surface area (Å²) in [6.45, 7) is 1.64. The number of thiophene rings is 2. The van der Waals surface area contributed by atoms with Gasteiger partial charge in [-0.25, -0.2) is 0 Å². The zero-order valence-electron chi connectivity index (χ0n) is 11.5. The van der Waals surface area contributed by atoms with E-state index in [1.54, 1.807) is 6.92 Å². The second-order valence-corrected chi connectivity index (χ2v) is 6.70. The Morgan fingerprint density at radius 3 is 2.52 bits per heavy atom. The van der Waals surface area contributed by atoms with Crippen molar-refractivity contribution in [3.8, 4) is 9.75 Å². The van der Waals surface area contributed by atoms with Gasteiger partial charge in [-0.15, -0.1) is 11.3 Å². The number of nitrogens with zero attached hydrogens (tertiary/aromatic N) is 3. The van der Waals surface area contributed by atoms with Crippen LogP contribution < -0.4 is 11.2 Å². The summed E-state index contributed by atoms with van der Waals surface area (Å²) in [5.74, 6) is 0. The van der Waals surface area contributed by atoms with E-state index in [0.29, 0.717) is 20.3 Å². The molecule has 2 heterocycles. The van der Waals surface area contributed by atoms with E-state index in [1.807, 2.05) is 0 Å². The molecule has 0 spiro atoms. The van der Waals surface area contributed by atoms with Gasteiger partial charge in [0.15, 0.2) is 5.11 Å². The van der Waals surface area contributed by atoms with Crippen LogP contribution in [0.25, 0.3) is 9.75 Å². The van der Waals surface area contributed by atoms with Gasteiger partial charge in [-0.05, 0) is 25.2 Å². The molecule has 23 heavy (non-hydrogen) atoms. The lowest BCUT2D eigenvalue weighted by Gasteiger charge is -1.97. The molecule has 0 saturated heterocycles. The first-order valence-corrected chi connectivity index (χ1v) is 7.96. The standard InChI is InChI=1S/C11H9N5O4S3/c1-5(13-14-11(12)21)8-4-6(15(17)18)10(23-8)7-2-3-9(22-7)16(19)20/h2-4H,1H3,(H3,12,14,21)/b13-5+. The maximum atomic E-state index is 11.2. The van der Waals surface area contributed by atoms with Crippen molar-refractivity contribution in [1.29, 1.82) is 0 Å². The first-order valence-electron chi connectivity index (χ1n) is 5.92. The highest BCUT2D eigenvalue weighted by atomic mass is 32.1. The lowest BCUT2D eigenvalue weighted by molar-refractivity contribution is -0.383. The number of nitrogens with two attached hydrogens (primary N) is 1. The van der Waals surface area contributed by atoms with Crippen molar-refractivity contribution in [2.45, 2.75) is 6.92 Å². The molecule has 0 aliphatic heterocycles. The molecule has 0 fully saturated rings. The van der Waals surface area contributed by atoms with Gasteiger partial charge in [0.1, 0.15) is 4.88 Å². The minimum Gasteiger partial charge on any atom is -0.375 e. The molecule has 0 atom stereocenters. The van der Waals surface area contributed by atoms with Gasteiger partial charge in [0.25, 0.3) is 5.69 Å². The topological polar surface area (TPSA) is 137 Å². The molecule has 2 aromatic heterocycles. The lowest BCUT2D eigenvalue weighted by atomic mass is 10.3. The fourth-order valence-electron chi connectivity index (χ4n) is 1.61. The van der Waals surface area contributed by atoms with Crippen molar-refractivity contribution in [3.05, 3.63) is 43.3 Å². The minimum absolute atomic E-state index is 0.0236. The maximum Gasteiger partial charge on any atom is 0.324 e. The third kappa shape index (κ3) is 3.85. The van der Waals surface area contributed by atoms with Gasteiger partial charge in [0.05, 0.1) is 25.3 Å². The third-order valence-corrected chi connectivity index (χ3v) is 5.14. The smallest absolute Gasteiger partial charge is 0.324 e. The van der Waals surface area contributed by atoms with Crippen LogP contribution in [0.5, 0.6) is 0 Å². The van der Waals surface area contributed by atoms with E-state index >= 15 is 0 Å². The second kappa shape index (κ2) is 6.76. The zero-order chi connectivity index (χ0) is 17.1. The fourth-order valence-corrected chi connectivity index (χ4v) is 3.67. The van der Waals surface area contributed by atoms with Gasteiger partial charge < -0.3 is 5.73 Å². The first kappa shape index (κ1) is 16.9. The highest BCUT2D eigenvalue weighted by Gasteiger charge is 2.24. The molecular formula is C11H9N5O4S3. The van der Waals surface area contributed by atoms with Crippen molar-refractivity contribution in [1.82, 2.24) is 5.43 Å². The van der Waals surface area contributed by atoms with E-state index < -0.39 is 9.85 Å². The molecule has 0 unspecified atom stereocenters. The maximum absolute atomic E-state index is 11.2. The molecule has 0 aliphatic carbocycles. The third-order valence-electron chi connectivity index (χ3n) is 2.60. The summed E-state index contributed by atoms with van der Waals surface area (Å²) in [5.41, 5.74) is 8.01. The quantitative estimate of drug-likeness (QED) is 0.357.